The number of benzene rings is 1. The number of nitrogens with zero attached hydrogens (tertiary/aromatic N) is 1. The molecule has 0 atom stereocenters. The van der Waals surface area contributed by atoms with Crippen LogP contribution in [0.3, 0.4) is 0 Å². The fraction of sp³-hybridized carbons (Fsp3) is 0.273. The van der Waals surface area contributed by atoms with Gasteiger partial charge in [-0.25, -0.2) is 0 Å². The van der Waals surface area contributed by atoms with Crippen molar-refractivity contribution in [3.8, 4) is 11.5 Å². The minimum atomic E-state index is -1.01. The summed E-state index contributed by atoms with van der Waals surface area (Å²) in [6.45, 7) is 0.0310. The molecule has 92 valence electrons. The first kappa shape index (κ1) is 12.8. The second-order valence-electron chi connectivity index (χ2n) is 3.57. The summed E-state index contributed by atoms with van der Waals surface area (Å²) in [5.74, 6) is -1.95. The van der Waals surface area contributed by atoms with Crippen molar-refractivity contribution in [3.05, 3.63) is 23.8 Å². The van der Waals surface area contributed by atoms with E-state index in [4.69, 9.17) is 5.11 Å². The summed E-state index contributed by atoms with van der Waals surface area (Å²) in [6, 6.07) is 3.59. The van der Waals surface area contributed by atoms with E-state index < -0.39 is 11.9 Å². The van der Waals surface area contributed by atoms with Gasteiger partial charge in [-0.3, -0.25) is 9.59 Å². The van der Waals surface area contributed by atoms with Gasteiger partial charge in [-0.15, -0.1) is 0 Å². The van der Waals surface area contributed by atoms with Crippen LogP contribution in [0.5, 0.6) is 11.5 Å². The number of hydrogen-bond donors (Lipinski definition) is 3. The number of phenols is 2. The second-order valence-corrected chi connectivity index (χ2v) is 3.57. The second kappa shape index (κ2) is 5.20. The molecule has 0 heterocycles. The molecule has 6 nitrogen and oxygen atoms in total. The Kier molecular flexibility index (Phi) is 3.92. The minimum Gasteiger partial charge on any atom is -0.508 e. The third-order valence-electron chi connectivity index (χ3n) is 2.22. The Morgan fingerprint density at radius 3 is 2.53 bits per heavy atom. The molecule has 0 spiro atoms. The summed E-state index contributed by atoms with van der Waals surface area (Å²) < 4.78 is 0. The van der Waals surface area contributed by atoms with E-state index in [1.165, 1.54) is 24.1 Å². The maximum absolute atomic E-state index is 11.8. The Morgan fingerprint density at radius 1 is 1.29 bits per heavy atom. The van der Waals surface area contributed by atoms with Gasteiger partial charge in [-0.1, -0.05) is 0 Å². The van der Waals surface area contributed by atoms with Crippen molar-refractivity contribution >= 4 is 11.9 Å². The Labute approximate surface area is 97.7 Å². The van der Waals surface area contributed by atoms with Gasteiger partial charge in [0.05, 0.1) is 12.0 Å². The van der Waals surface area contributed by atoms with Crippen LogP contribution < -0.4 is 0 Å². The van der Waals surface area contributed by atoms with Gasteiger partial charge in [0, 0.05) is 13.6 Å². The molecule has 1 aromatic rings. The first-order chi connectivity index (χ1) is 7.91. The maximum Gasteiger partial charge on any atom is 0.305 e. The Bertz CT molecular complexity index is 443. The molecule has 0 aliphatic heterocycles. The highest BCUT2D eigenvalue weighted by molar-refractivity contribution is 5.97. The van der Waals surface area contributed by atoms with Crippen LogP contribution in [0.15, 0.2) is 18.2 Å². The summed E-state index contributed by atoms with van der Waals surface area (Å²) in [5, 5.41) is 27.2. The largest absolute Gasteiger partial charge is 0.508 e. The zero-order valence-electron chi connectivity index (χ0n) is 9.25. The Hall–Kier alpha value is -2.24. The van der Waals surface area contributed by atoms with Crippen molar-refractivity contribution in [1.29, 1.82) is 0 Å². The highest BCUT2D eigenvalue weighted by Crippen LogP contribution is 2.23. The Morgan fingerprint density at radius 2 is 1.94 bits per heavy atom. The summed E-state index contributed by atoms with van der Waals surface area (Å²) in [4.78, 5) is 23.3. The van der Waals surface area contributed by atoms with Crippen molar-refractivity contribution in [2.45, 2.75) is 6.42 Å². The van der Waals surface area contributed by atoms with Gasteiger partial charge in [0.15, 0.2) is 0 Å². The molecule has 0 saturated heterocycles. The average molecular weight is 239 g/mol. The topological polar surface area (TPSA) is 98.1 Å². The Balaban J connectivity index is 2.81. The first-order valence-electron chi connectivity index (χ1n) is 4.91. The van der Waals surface area contributed by atoms with Gasteiger partial charge in [-0.05, 0) is 18.2 Å². The SMILES string of the molecule is CN(CCC(=O)O)C(=O)c1cc(O)ccc1O. The zero-order chi connectivity index (χ0) is 13.0. The number of aliphatic carboxylic acids is 1. The average Bonchev–Trinajstić information content (AvgIpc) is 2.28. The van der Waals surface area contributed by atoms with Gasteiger partial charge in [0.25, 0.3) is 5.91 Å². The third-order valence-corrected chi connectivity index (χ3v) is 2.22. The quantitative estimate of drug-likeness (QED) is 0.670. The van der Waals surface area contributed by atoms with E-state index in [1.54, 1.807) is 0 Å². The fourth-order valence-electron chi connectivity index (χ4n) is 1.27. The molecule has 17 heavy (non-hydrogen) atoms. The lowest BCUT2D eigenvalue weighted by molar-refractivity contribution is -0.137. The van der Waals surface area contributed by atoms with Gasteiger partial charge in [0.2, 0.25) is 0 Å². The molecule has 1 rings (SSSR count). The van der Waals surface area contributed by atoms with E-state index in [2.05, 4.69) is 0 Å². The lowest BCUT2D eigenvalue weighted by atomic mass is 10.1. The number of carbonyl (C=O) groups excluding carboxylic acids is 1. The number of rotatable bonds is 4. The van der Waals surface area contributed by atoms with Crippen LogP contribution in [-0.2, 0) is 4.79 Å². The minimum absolute atomic E-state index is 0.0310. The molecule has 0 aliphatic carbocycles. The van der Waals surface area contributed by atoms with Gasteiger partial charge in [0.1, 0.15) is 11.5 Å². The molecule has 0 fully saturated rings. The van der Waals surface area contributed by atoms with Crippen molar-refractivity contribution in [2.75, 3.05) is 13.6 Å². The molecule has 0 radical (unpaired) electrons. The van der Waals surface area contributed by atoms with Crippen molar-refractivity contribution in [2.24, 2.45) is 0 Å². The lowest BCUT2D eigenvalue weighted by Crippen LogP contribution is -2.29. The van der Waals surface area contributed by atoms with Crippen LogP contribution in [0.2, 0.25) is 0 Å². The van der Waals surface area contributed by atoms with Crippen LogP contribution in [0, 0.1) is 0 Å². The van der Waals surface area contributed by atoms with E-state index in [0.29, 0.717) is 0 Å². The summed E-state index contributed by atoms with van der Waals surface area (Å²) in [6.07, 6.45) is -0.179. The highest BCUT2D eigenvalue weighted by atomic mass is 16.4. The number of amides is 1. The van der Waals surface area contributed by atoms with E-state index >= 15 is 0 Å². The lowest BCUT2D eigenvalue weighted by Gasteiger charge is -2.16. The number of carbonyl (C=O) groups is 2. The van der Waals surface area contributed by atoms with Crippen molar-refractivity contribution in [3.63, 3.8) is 0 Å². The fourth-order valence-corrected chi connectivity index (χ4v) is 1.27. The normalized spacial score (nSPS) is 9.94. The van der Waals surface area contributed by atoms with Crippen LogP contribution in [0.25, 0.3) is 0 Å². The molecule has 0 unspecified atom stereocenters. The number of phenolic OH excluding ortho intramolecular Hbond substituents is 2. The van der Waals surface area contributed by atoms with E-state index in [-0.39, 0.29) is 30.0 Å². The van der Waals surface area contributed by atoms with Crippen LogP contribution in [0.1, 0.15) is 16.8 Å². The molecule has 0 saturated carbocycles. The number of carboxylic acid groups (broad SMARTS) is 1. The van der Waals surface area contributed by atoms with Crippen molar-refractivity contribution < 1.29 is 24.9 Å². The zero-order valence-corrected chi connectivity index (χ0v) is 9.25. The van der Waals surface area contributed by atoms with Gasteiger partial charge < -0.3 is 20.2 Å². The third kappa shape index (κ3) is 3.37. The van der Waals surface area contributed by atoms with Crippen LogP contribution in [-0.4, -0.2) is 45.7 Å². The molecule has 0 bridgehead atoms. The van der Waals surface area contributed by atoms with Gasteiger partial charge >= 0.3 is 5.97 Å². The number of carboxylic acids is 1. The summed E-state index contributed by atoms with van der Waals surface area (Å²) >= 11 is 0. The number of hydrogen-bond acceptors (Lipinski definition) is 4. The predicted octanol–water partition coefficient (Wildman–Crippen LogP) is 0.644. The molecule has 0 aromatic heterocycles. The van der Waals surface area contributed by atoms with Crippen LogP contribution >= 0.6 is 0 Å². The maximum atomic E-state index is 11.8. The van der Waals surface area contributed by atoms with Crippen molar-refractivity contribution in [1.82, 2.24) is 4.90 Å². The summed E-state index contributed by atoms with van der Waals surface area (Å²) in [7, 11) is 1.43. The standard InChI is InChI=1S/C11H13NO5/c1-12(5-4-10(15)16)11(17)8-6-7(13)2-3-9(8)14/h2-3,6,13-14H,4-5H2,1H3,(H,15,16). The molecule has 0 aliphatic rings. The summed E-state index contributed by atoms with van der Waals surface area (Å²) in [5.41, 5.74) is -0.0575. The monoisotopic (exact) mass is 239 g/mol. The molecular formula is C11H13NO5. The molecule has 3 N–H and O–H groups in total. The van der Waals surface area contributed by atoms with E-state index in [0.717, 1.165) is 6.07 Å². The molecule has 1 aromatic carbocycles. The number of aromatic hydroxyl groups is 2. The van der Waals surface area contributed by atoms with E-state index in [9.17, 15) is 19.8 Å². The molecule has 6 heteroatoms. The van der Waals surface area contributed by atoms with E-state index in [1.807, 2.05) is 0 Å². The molecule has 1 amide bonds. The smallest absolute Gasteiger partial charge is 0.305 e. The van der Waals surface area contributed by atoms with Crippen LogP contribution in [0.4, 0.5) is 0 Å². The first-order valence-corrected chi connectivity index (χ1v) is 4.91. The highest BCUT2D eigenvalue weighted by Gasteiger charge is 2.16. The molecular weight excluding hydrogens is 226 g/mol. The predicted molar refractivity (Wildman–Crippen MR) is 59.0 cm³/mol. The van der Waals surface area contributed by atoms with Gasteiger partial charge in [-0.2, -0.15) is 0 Å².